The number of allylic oxidation sites excluding steroid dienone is 3. The molecule has 0 saturated carbocycles. The zero-order valence-corrected chi connectivity index (χ0v) is 7.42. The first-order chi connectivity index (χ1) is 5.27. The van der Waals surface area contributed by atoms with Gasteiger partial charge in [-0.3, -0.25) is 0 Å². The minimum atomic E-state index is 0.503. The molecule has 11 heavy (non-hydrogen) atoms. The average Bonchev–Trinajstić information content (AvgIpc) is 2.04. The number of thioether (sulfide) groups is 2. The predicted octanol–water partition coefficient (Wildman–Crippen LogP) is 2.59. The van der Waals surface area contributed by atoms with Gasteiger partial charge in [0, 0.05) is 0 Å². The smallest absolute Gasteiger partial charge is 0.114 e. The van der Waals surface area contributed by atoms with Crippen molar-refractivity contribution in [3.63, 3.8) is 0 Å². The lowest BCUT2D eigenvalue weighted by molar-refractivity contribution is 1.50. The molecule has 4 heteroatoms. The van der Waals surface area contributed by atoms with Crippen molar-refractivity contribution in [2.75, 3.05) is 0 Å². The minimum Gasteiger partial charge on any atom is -0.192 e. The monoisotopic (exact) mass is 180 g/mol. The fourth-order valence-electron chi connectivity index (χ4n) is 0.578. The second kappa shape index (κ2) is 3.52. The second-order valence-electron chi connectivity index (χ2n) is 1.83. The normalized spacial score (nSPS) is 16.8. The largest absolute Gasteiger partial charge is 0.192 e. The van der Waals surface area contributed by atoms with Crippen LogP contribution in [0.2, 0.25) is 0 Å². The molecule has 0 aromatic rings. The molecular weight excluding hydrogens is 176 g/mol. The van der Waals surface area contributed by atoms with Gasteiger partial charge in [0.15, 0.2) is 0 Å². The van der Waals surface area contributed by atoms with Crippen LogP contribution in [0.4, 0.5) is 0 Å². The Morgan fingerprint density at radius 1 is 1.27 bits per heavy atom. The Morgan fingerprint density at radius 2 is 1.91 bits per heavy atom. The first-order valence-electron chi connectivity index (χ1n) is 2.83. The summed E-state index contributed by atoms with van der Waals surface area (Å²) in [5.41, 5.74) is 0. The van der Waals surface area contributed by atoms with Crippen LogP contribution in [0, 0.1) is 22.7 Å². The Hall–Kier alpha value is -0.840. The highest BCUT2D eigenvalue weighted by Crippen LogP contribution is 2.38. The van der Waals surface area contributed by atoms with Gasteiger partial charge in [-0.05, 0) is 17.2 Å². The van der Waals surface area contributed by atoms with E-state index >= 15 is 0 Å². The van der Waals surface area contributed by atoms with E-state index in [9.17, 15) is 0 Å². The fourth-order valence-corrected chi connectivity index (χ4v) is 2.18. The maximum atomic E-state index is 8.59. The van der Waals surface area contributed by atoms with Crippen molar-refractivity contribution >= 4 is 23.5 Å². The Kier molecular flexibility index (Phi) is 2.64. The maximum absolute atomic E-state index is 8.59. The molecule has 0 atom stereocenters. The van der Waals surface area contributed by atoms with Gasteiger partial charge in [-0.2, -0.15) is 10.5 Å². The molecule has 1 aliphatic rings. The van der Waals surface area contributed by atoms with Crippen molar-refractivity contribution < 1.29 is 0 Å². The third-order valence-corrected chi connectivity index (χ3v) is 3.24. The van der Waals surface area contributed by atoms with Gasteiger partial charge in [0.2, 0.25) is 0 Å². The van der Waals surface area contributed by atoms with Crippen LogP contribution in [0.3, 0.4) is 0 Å². The second-order valence-corrected chi connectivity index (χ2v) is 3.97. The third kappa shape index (κ3) is 1.80. The molecule has 1 aliphatic heterocycles. The Labute approximate surface area is 73.6 Å². The fraction of sp³-hybridized carbons (Fsp3) is 0.143. The predicted molar refractivity (Wildman–Crippen MR) is 47.2 cm³/mol. The van der Waals surface area contributed by atoms with Crippen LogP contribution in [-0.4, -0.2) is 0 Å². The maximum Gasteiger partial charge on any atom is 0.114 e. The zero-order chi connectivity index (χ0) is 8.27. The zero-order valence-electron chi connectivity index (χ0n) is 5.79. The highest BCUT2D eigenvalue weighted by molar-refractivity contribution is 8.13. The summed E-state index contributed by atoms with van der Waals surface area (Å²) in [6.45, 7) is 1.92. The average molecular weight is 180 g/mol. The van der Waals surface area contributed by atoms with E-state index in [1.54, 1.807) is 0 Å². The topological polar surface area (TPSA) is 47.6 Å². The highest BCUT2D eigenvalue weighted by atomic mass is 32.2. The van der Waals surface area contributed by atoms with Gasteiger partial charge in [-0.1, -0.05) is 23.5 Å². The molecule has 0 amide bonds. The quantitative estimate of drug-likeness (QED) is 0.575. The SMILES string of the molecule is CC1=CSC(C#N)=C(C#N)S1. The van der Waals surface area contributed by atoms with Gasteiger partial charge in [-0.15, -0.1) is 0 Å². The van der Waals surface area contributed by atoms with Gasteiger partial charge < -0.3 is 0 Å². The van der Waals surface area contributed by atoms with Crippen molar-refractivity contribution in [2.45, 2.75) is 6.92 Å². The van der Waals surface area contributed by atoms with E-state index < -0.39 is 0 Å². The van der Waals surface area contributed by atoms with E-state index in [0.717, 1.165) is 4.91 Å². The first-order valence-corrected chi connectivity index (χ1v) is 4.53. The van der Waals surface area contributed by atoms with Crippen molar-refractivity contribution in [1.82, 2.24) is 0 Å². The molecule has 54 valence electrons. The highest BCUT2D eigenvalue weighted by Gasteiger charge is 2.12. The lowest BCUT2D eigenvalue weighted by atomic mass is 10.5. The number of nitriles is 2. The summed E-state index contributed by atoms with van der Waals surface area (Å²) in [5, 5.41) is 19.0. The van der Waals surface area contributed by atoms with Gasteiger partial charge in [-0.25, -0.2) is 0 Å². The lowest BCUT2D eigenvalue weighted by Gasteiger charge is -2.06. The molecule has 1 rings (SSSR count). The molecule has 0 fully saturated rings. The number of hydrogen-bond acceptors (Lipinski definition) is 4. The van der Waals surface area contributed by atoms with E-state index in [1.807, 2.05) is 24.5 Å². The molecule has 2 nitrogen and oxygen atoms in total. The molecule has 0 unspecified atom stereocenters. The van der Waals surface area contributed by atoms with E-state index in [2.05, 4.69) is 0 Å². The van der Waals surface area contributed by atoms with E-state index in [1.165, 1.54) is 23.5 Å². The van der Waals surface area contributed by atoms with Crippen LogP contribution >= 0.6 is 23.5 Å². The van der Waals surface area contributed by atoms with Crippen LogP contribution in [0.1, 0.15) is 6.92 Å². The van der Waals surface area contributed by atoms with Gasteiger partial charge >= 0.3 is 0 Å². The minimum absolute atomic E-state index is 0.503. The van der Waals surface area contributed by atoms with Crippen LogP contribution in [-0.2, 0) is 0 Å². The molecule has 0 aliphatic carbocycles. The summed E-state index contributed by atoms with van der Waals surface area (Å²) in [7, 11) is 0. The van der Waals surface area contributed by atoms with Gasteiger partial charge in [0.05, 0.1) is 0 Å². The number of nitrogens with zero attached hydrogens (tertiary/aromatic N) is 2. The van der Waals surface area contributed by atoms with Crippen LogP contribution in [0.25, 0.3) is 0 Å². The molecule has 0 bridgehead atoms. The Morgan fingerprint density at radius 3 is 2.45 bits per heavy atom. The molecule has 0 aromatic carbocycles. The van der Waals surface area contributed by atoms with Crippen molar-refractivity contribution in [1.29, 1.82) is 10.5 Å². The Bertz CT molecular complexity index is 314. The summed E-state index contributed by atoms with van der Waals surface area (Å²) < 4.78 is 0. The molecule has 0 radical (unpaired) electrons. The lowest BCUT2D eigenvalue weighted by Crippen LogP contribution is -1.83. The molecule has 0 saturated heterocycles. The third-order valence-electron chi connectivity index (χ3n) is 1.02. The van der Waals surface area contributed by atoms with Crippen LogP contribution in [0.15, 0.2) is 20.1 Å². The summed E-state index contributed by atoms with van der Waals surface area (Å²) in [6.07, 6.45) is 0. The molecule has 1 heterocycles. The molecule has 0 aromatic heterocycles. The number of rotatable bonds is 0. The molecule has 0 N–H and O–H groups in total. The first kappa shape index (κ1) is 8.26. The Balaban J connectivity index is 2.94. The van der Waals surface area contributed by atoms with Crippen molar-refractivity contribution in [3.8, 4) is 12.1 Å². The summed E-state index contributed by atoms with van der Waals surface area (Å²) in [4.78, 5) is 2.08. The van der Waals surface area contributed by atoms with Crippen molar-refractivity contribution in [3.05, 3.63) is 20.1 Å². The van der Waals surface area contributed by atoms with Crippen LogP contribution < -0.4 is 0 Å². The standard InChI is InChI=1S/C7H4N2S2/c1-5-4-10-6(2-8)7(3-9)11-5/h4H,1H3. The molecule has 0 spiro atoms. The summed E-state index contributed by atoms with van der Waals surface area (Å²) in [6, 6.07) is 3.97. The van der Waals surface area contributed by atoms with E-state index in [0.29, 0.717) is 9.81 Å². The number of hydrogen-bond donors (Lipinski definition) is 0. The van der Waals surface area contributed by atoms with Gasteiger partial charge in [0.25, 0.3) is 0 Å². The van der Waals surface area contributed by atoms with Crippen molar-refractivity contribution in [2.24, 2.45) is 0 Å². The summed E-state index contributed by atoms with van der Waals surface area (Å²) in [5.74, 6) is 0. The summed E-state index contributed by atoms with van der Waals surface area (Å²) >= 11 is 2.67. The molecular formula is C7H4N2S2. The van der Waals surface area contributed by atoms with E-state index in [4.69, 9.17) is 10.5 Å². The van der Waals surface area contributed by atoms with E-state index in [-0.39, 0.29) is 0 Å². The van der Waals surface area contributed by atoms with Crippen LogP contribution in [0.5, 0.6) is 0 Å². The van der Waals surface area contributed by atoms with Gasteiger partial charge in [0.1, 0.15) is 21.9 Å².